The van der Waals surface area contributed by atoms with Gasteiger partial charge in [0, 0.05) is 17.0 Å². The van der Waals surface area contributed by atoms with E-state index in [1.54, 1.807) is 44.3 Å². The zero-order valence-electron chi connectivity index (χ0n) is 16.2. The molecular weight excluding hydrogens is 390 g/mol. The molecule has 0 aliphatic carbocycles. The summed E-state index contributed by atoms with van der Waals surface area (Å²) in [5.74, 6) is 0.658. The molecule has 0 amide bonds. The van der Waals surface area contributed by atoms with E-state index in [1.807, 2.05) is 6.07 Å². The molecule has 0 spiro atoms. The molecule has 4 rings (SSSR count). The molecule has 152 valence electrons. The van der Waals surface area contributed by atoms with Crippen LogP contribution in [0.5, 0.6) is 17.4 Å². The minimum absolute atomic E-state index is 0.113. The fourth-order valence-electron chi connectivity index (χ4n) is 3.28. The molecule has 0 aliphatic rings. The van der Waals surface area contributed by atoms with Gasteiger partial charge < -0.3 is 19.2 Å². The second-order valence-electron chi connectivity index (χ2n) is 6.39. The third kappa shape index (κ3) is 3.37. The van der Waals surface area contributed by atoms with E-state index >= 15 is 0 Å². The van der Waals surface area contributed by atoms with Crippen LogP contribution in [0.1, 0.15) is 12.5 Å². The number of fused-ring (bicyclic) bond motifs is 3. The first-order valence-corrected chi connectivity index (χ1v) is 9.15. The lowest BCUT2D eigenvalue weighted by Crippen LogP contribution is -2.11. The fraction of sp³-hybridized carbons (Fsp3) is 0.143. The topological polar surface area (TPSA) is 117 Å². The molecule has 2 heterocycles. The van der Waals surface area contributed by atoms with Crippen LogP contribution < -0.4 is 9.47 Å². The number of nitrogens with zero attached hydrogens (tertiary/aromatic N) is 2. The van der Waals surface area contributed by atoms with Crippen LogP contribution in [0.3, 0.4) is 0 Å². The van der Waals surface area contributed by atoms with E-state index in [0.717, 1.165) is 10.9 Å². The van der Waals surface area contributed by atoms with Crippen LogP contribution in [0.2, 0.25) is 0 Å². The molecular formula is C21H17N3O6. The second kappa shape index (κ2) is 7.70. The predicted molar refractivity (Wildman–Crippen MR) is 109 cm³/mol. The van der Waals surface area contributed by atoms with Gasteiger partial charge >= 0.3 is 11.8 Å². The van der Waals surface area contributed by atoms with Crippen molar-refractivity contribution in [3.05, 3.63) is 64.3 Å². The molecule has 0 bridgehead atoms. The largest absolute Gasteiger partial charge is 0.515 e. The van der Waals surface area contributed by atoms with E-state index in [9.17, 15) is 14.9 Å². The molecule has 2 aromatic heterocycles. The van der Waals surface area contributed by atoms with Gasteiger partial charge in [-0.25, -0.2) is 9.78 Å². The molecule has 2 aromatic carbocycles. The molecule has 0 fully saturated rings. The van der Waals surface area contributed by atoms with Gasteiger partial charge in [-0.1, -0.05) is 18.2 Å². The highest BCUT2D eigenvalue weighted by Gasteiger charge is 2.20. The number of hydrogen-bond acceptors (Lipinski definition) is 7. The number of benzene rings is 2. The first kappa shape index (κ1) is 19.2. The van der Waals surface area contributed by atoms with Gasteiger partial charge in [0.25, 0.3) is 0 Å². The molecule has 0 aliphatic heterocycles. The number of carbonyl (C=O) groups excluding carboxylic acids is 1. The Labute approximate surface area is 170 Å². The lowest BCUT2D eigenvalue weighted by Gasteiger charge is -2.10. The van der Waals surface area contributed by atoms with Crippen molar-refractivity contribution in [1.82, 2.24) is 9.97 Å². The number of nitro groups is 1. The molecule has 0 unspecified atom stereocenters. The third-order valence-corrected chi connectivity index (χ3v) is 4.55. The summed E-state index contributed by atoms with van der Waals surface area (Å²) in [6.45, 7) is 3.62. The Bertz CT molecular complexity index is 1280. The Morgan fingerprint density at radius 3 is 2.63 bits per heavy atom. The zero-order valence-corrected chi connectivity index (χ0v) is 16.2. The number of aromatic nitrogens is 2. The molecule has 30 heavy (non-hydrogen) atoms. The van der Waals surface area contributed by atoms with Gasteiger partial charge in [-0.3, -0.25) is 10.1 Å². The number of carbonyl (C=O) groups is 1. The monoisotopic (exact) mass is 407 g/mol. The molecule has 0 atom stereocenters. The number of H-pyrrole nitrogens is 1. The van der Waals surface area contributed by atoms with Crippen LogP contribution in [-0.2, 0) is 4.74 Å². The molecule has 9 heteroatoms. The average molecular weight is 407 g/mol. The molecule has 4 aromatic rings. The summed E-state index contributed by atoms with van der Waals surface area (Å²) in [6.07, 6.45) is 0.703. The van der Waals surface area contributed by atoms with E-state index in [1.165, 1.54) is 12.1 Å². The van der Waals surface area contributed by atoms with Crippen LogP contribution in [0, 0.1) is 17.0 Å². The summed E-state index contributed by atoms with van der Waals surface area (Å²) in [7, 11) is 0. The fourth-order valence-corrected chi connectivity index (χ4v) is 3.28. The number of nitro benzene ring substituents is 1. The number of hydrogen-bond donors (Lipinski definition) is 1. The number of aromatic amines is 1. The Morgan fingerprint density at radius 2 is 1.87 bits per heavy atom. The summed E-state index contributed by atoms with van der Waals surface area (Å²) >= 11 is 0. The number of ether oxygens (including phenoxy) is 3. The van der Waals surface area contributed by atoms with Crippen LogP contribution in [0.15, 0.2) is 48.7 Å². The number of para-hydroxylation sites is 2. The van der Waals surface area contributed by atoms with Crippen molar-refractivity contribution >= 4 is 33.6 Å². The van der Waals surface area contributed by atoms with E-state index in [2.05, 4.69) is 9.97 Å². The zero-order chi connectivity index (χ0) is 21.3. The highest BCUT2D eigenvalue weighted by molar-refractivity contribution is 6.12. The molecule has 1 N–H and O–H groups in total. The summed E-state index contributed by atoms with van der Waals surface area (Å²) in [5, 5.41) is 12.8. The summed E-state index contributed by atoms with van der Waals surface area (Å²) in [5.41, 5.74) is 1.92. The van der Waals surface area contributed by atoms with Crippen molar-refractivity contribution in [3.63, 3.8) is 0 Å². The normalized spacial score (nSPS) is 10.9. The maximum atomic E-state index is 11.7. The lowest BCUT2D eigenvalue weighted by molar-refractivity contribution is -0.385. The SMILES string of the molecule is CCOC(=O)Oc1ncc2[nH]c3cccc(Oc4ccccc4[N+](=O)[O-])c3c2c1C. The van der Waals surface area contributed by atoms with Gasteiger partial charge in [0.15, 0.2) is 0 Å². The number of pyridine rings is 1. The molecule has 0 saturated carbocycles. The number of aryl methyl sites for hydroxylation is 1. The Hall–Kier alpha value is -4.14. The number of nitrogens with one attached hydrogen (secondary N) is 1. The minimum Gasteiger partial charge on any atom is -0.449 e. The summed E-state index contributed by atoms with van der Waals surface area (Å²) in [6, 6.07) is 11.5. The maximum Gasteiger partial charge on any atom is 0.515 e. The van der Waals surface area contributed by atoms with Crippen molar-refractivity contribution in [2.45, 2.75) is 13.8 Å². The Balaban J connectivity index is 1.87. The van der Waals surface area contributed by atoms with Gasteiger partial charge in [-0.05, 0) is 32.0 Å². The second-order valence-corrected chi connectivity index (χ2v) is 6.39. The van der Waals surface area contributed by atoms with Gasteiger partial charge in [-0.15, -0.1) is 0 Å². The van der Waals surface area contributed by atoms with Crippen LogP contribution >= 0.6 is 0 Å². The Kier molecular flexibility index (Phi) is 4.93. The van der Waals surface area contributed by atoms with Crippen molar-refractivity contribution in [2.24, 2.45) is 0 Å². The maximum absolute atomic E-state index is 11.7. The standard InChI is InChI=1S/C21H17N3O6/c1-3-28-21(25)30-20-12(2)18-14(11-22-20)23-13-7-6-10-17(19(13)18)29-16-9-5-4-8-15(16)24(26)27/h4-11,23H,3H2,1-2H3. The summed E-state index contributed by atoms with van der Waals surface area (Å²) < 4.78 is 16.0. The highest BCUT2D eigenvalue weighted by Crippen LogP contribution is 2.40. The van der Waals surface area contributed by atoms with Gasteiger partial charge in [-0.2, -0.15) is 0 Å². The highest BCUT2D eigenvalue weighted by atomic mass is 16.7. The smallest absolute Gasteiger partial charge is 0.449 e. The van der Waals surface area contributed by atoms with Crippen LogP contribution in [0.25, 0.3) is 21.8 Å². The predicted octanol–water partition coefficient (Wildman–Crippen LogP) is 5.26. The Morgan fingerprint density at radius 1 is 1.10 bits per heavy atom. The number of rotatable bonds is 5. The molecule has 0 saturated heterocycles. The third-order valence-electron chi connectivity index (χ3n) is 4.55. The van der Waals surface area contributed by atoms with E-state index < -0.39 is 11.1 Å². The van der Waals surface area contributed by atoms with Gasteiger partial charge in [0.1, 0.15) is 5.75 Å². The van der Waals surface area contributed by atoms with Crippen LogP contribution in [-0.4, -0.2) is 27.7 Å². The van der Waals surface area contributed by atoms with E-state index in [4.69, 9.17) is 14.2 Å². The van der Waals surface area contributed by atoms with Crippen molar-refractivity contribution in [1.29, 1.82) is 0 Å². The van der Waals surface area contributed by atoms with Gasteiger partial charge in [0.05, 0.1) is 34.1 Å². The van der Waals surface area contributed by atoms with E-state index in [-0.39, 0.29) is 23.9 Å². The van der Waals surface area contributed by atoms with Crippen molar-refractivity contribution < 1.29 is 23.9 Å². The van der Waals surface area contributed by atoms with Crippen molar-refractivity contribution in [3.8, 4) is 17.4 Å². The minimum atomic E-state index is -0.844. The lowest BCUT2D eigenvalue weighted by atomic mass is 10.1. The molecule has 9 nitrogen and oxygen atoms in total. The quantitative estimate of drug-likeness (QED) is 0.272. The van der Waals surface area contributed by atoms with Crippen molar-refractivity contribution in [2.75, 3.05) is 6.61 Å². The van der Waals surface area contributed by atoms with Gasteiger partial charge in [0.2, 0.25) is 11.6 Å². The summed E-state index contributed by atoms with van der Waals surface area (Å²) in [4.78, 5) is 30.0. The van der Waals surface area contributed by atoms with E-state index in [0.29, 0.717) is 22.2 Å². The molecule has 0 radical (unpaired) electrons. The first-order valence-electron chi connectivity index (χ1n) is 9.15. The average Bonchev–Trinajstić information content (AvgIpc) is 3.11. The first-order chi connectivity index (χ1) is 14.5. The van der Waals surface area contributed by atoms with Crippen LogP contribution in [0.4, 0.5) is 10.5 Å².